The lowest BCUT2D eigenvalue weighted by molar-refractivity contribution is -0.125. The number of nitrogens with zero attached hydrogens (tertiary/aromatic N) is 4. The van der Waals surface area contributed by atoms with Crippen LogP contribution in [0.25, 0.3) is 0 Å². The Morgan fingerprint density at radius 3 is 2.58 bits per heavy atom. The summed E-state index contributed by atoms with van der Waals surface area (Å²) in [7, 11) is 0. The van der Waals surface area contributed by atoms with Gasteiger partial charge >= 0.3 is 12.2 Å². The Bertz CT molecular complexity index is 695. The van der Waals surface area contributed by atoms with E-state index in [1.165, 1.54) is 0 Å². The maximum absolute atomic E-state index is 12.0. The van der Waals surface area contributed by atoms with Crippen molar-refractivity contribution in [3.63, 3.8) is 0 Å². The number of carbonyl (C=O) groups excluding carboxylic acids is 2. The predicted octanol–water partition coefficient (Wildman–Crippen LogP) is 0.463. The van der Waals surface area contributed by atoms with Crippen molar-refractivity contribution in [3.05, 3.63) is 23.9 Å². The minimum Gasteiger partial charge on any atom is -0.353 e. The van der Waals surface area contributed by atoms with Gasteiger partial charge < -0.3 is 10.2 Å². The number of hydrogen-bond acceptors (Lipinski definition) is 6. The van der Waals surface area contributed by atoms with E-state index in [1.807, 2.05) is 10.2 Å². The standard InChI is InChI=1S/C15H17F3N6O2/c16-15(17,18)10-21-14(26)22-12(25)9-23-4-6-24(7-5-23)13-11(8-19)2-1-3-20-13/h1-3H,4-7,9-10H2,(H2,21,22,25,26). The van der Waals surface area contributed by atoms with Crippen LogP contribution in [0.2, 0.25) is 0 Å². The van der Waals surface area contributed by atoms with E-state index in [4.69, 9.17) is 5.26 Å². The molecule has 11 heteroatoms. The van der Waals surface area contributed by atoms with Crippen molar-refractivity contribution in [1.82, 2.24) is 20.5 Å². The normalized spacial score (nSPS) is 15.2. The Hall–Kier alpha value is -2.87. The molecule has 140 valence electrons. The first kappa shape index (κ1) is 19.5. The van der Waals surface area contributed by atoms with E-state index in [-0.39, 0.29) is 6.54 Å². The first-order valence-corrected chi connectivity index (χ1v) is 7.75. The maximum Gasteiger partial charge on any atom is 0.405 e. The van der Waals surface area contributed by atoms with Gasteiger partial charge in [-0.1, -0.05) is 0 Å². The number of nitriles is 1. The van der Waals surface area contributed by atoms with Gasteiger partial charge in [0, 0.05) is 32.4 Å². The van der Waals surface area contributed by atoms with Crippen LogP contribution in [-0.4, -0.2) is 67.3 Å². The Morgan fingerprint density at radius 1 is 1.27 bits per heavy atom. The van der Waals surface area contributed by atoms with Gasteiger partial charge in [0.15, 0.2) is 0 Å². The van der Waals surface area contributed by atoms with Crippen LogP contribution in [0.3, 0.4) is 0 Å². The van der Waals surface area contributed by atoms with Crippen LogP contribution in [-0.2, 0) is 4.79 Å². The summed E-state index contributed by atoms with van der Waals surface area (Å²) in [6.07, 6.45) is -2.94. The molecule has 0 saturated carbocycles. The van der Waals surface area contributed by atoms with Crippen LogP contribution in [0, 0.1) is 11.3 Å². The first-order valence-electron chi connectivity index (χ1n) is 7.75. The molecule has 1 aliphatic rings. The summed E-state index contributed by atoms with van der Waals surface area (Å²) >= 11 is 0. The van der Waals surface area contributed by atoms with E-state index in [1.54, 1.807) is 28.5 Å². The van der Waals surface area contributed by atoms with Gasteiger partial charge in [-0.05, 0) is 12.1 Å². The highest BCUT2D eigenvalue weighted by molar-refractivity contribution is 5.95. The molecule has 0 spiro atoms. The molecule has 0 bridgehead atoms. The largest absolute Gasteiger partial charge is 0.405 e. The number of pyridine rings is 1. The second-order valence-corrected chi connectivity index (χ2v) is 5.60. The zero-order valence-electron chi connectivity index (χ0n) is 13.7. The highest BCUT2D eigenvalue weighted by Crippen LogP contribution is 2.17. The van der Waals surface area contributed by atoms with E-state index in [0.29, 0.717) is 37.6 Å². The Kier molecular flexibility index (Phi) is 6.35. The van der Waals surface area contributed by atoms with Gasteiger partial charge in [-0.25, -0.2) is 9.78 Å². The molecule has 8 nitrogen and oxygen atoms in total. The van der Waals surface area contributed by atoms with Crippen molar-refractivity contribution in [2.45, 2.75) is 6.18 Å². The number of anilines is 1. The Balaban J connectivity index is 1.77. The minimum atomic E-state index is -4.54. The molecular formula is C15H17F3N6O2. The molecule has 0 aliphatic carbocycles. The topological polar surface area (TPSA) is 101 Å². The highest BCUT2D eigenvalue weighted by Gasteiger charge is 2.28. The fraction of sp³-hybridized carbons (Fsp3) is 0.467. The van der Waals surface area contributed by atoms with Crippen LogP contribution in [0.1, 0.15) is 5.56 Å². The maximum atomic E-state index is 12.0. The molecule has 1 aliphatic heterocycles. The van der Waals surface area contributed by atoms with E-state index in [0.717, 1.165) is 0 Å². The van der Waals surface area contributed by atoms with Crippen molar-refractivity contribution in [2.24, 2.45) is 0 Å². The molecule has 1 aromatic heterocycles. The zero-order valence-corrected chi connectivity index (χ0v) is 13.7. The van der Waals surface area contributed by atoms with Crippen LogP contribution >= 0.6 is 0 Å². The molecule has 3 amide bonds. The quantitative estimate of drug-likeness (QED) is 0.799. The van der Waals surface area contributed by atoms with E-state index in [2.05, 4.69) is 11.1 Å². The van der Waals surface area contributed by atoms with Gasteiger partial charge in [0.05, 0.1) is 12.1 Å². The molecule has 0 atom stereocenters. The number of amides is 3. The average molecular weight is 370 g/mol. The minimum absolute atomic E-state index is 0.111. The summed E-state index contributed by atoms with van der Waals surface area (Å²) in [6, 6.07) is 4.23. The molecule has 0 unspecified atom stereocenters. The summed E-state index contributed by atoms with van der Waals surface area (Å²) in [5, 5.41) is 12.5. The summed E-state index contributed by atoms with van der Waals surface area (Å²) in [5.74, 6) is -0.112. The molecule has 1 aromatic rings. The van der Waals surface area contributed by atoms with E-state index in [9.17, 15) is 22.8 Å². The van der Waals surface area contributed by atoms with Crippen molar-refractivity contribution in [1.29, 1.82) is 5.26 Å². The van der Waals surface area contributed by atoms with Crippen molar-refractivity contribution < 1.29 is 22.8 Å². The number of nitrogens with one attached hydrogen (secondary N) is 2. The molecule has 2 rings (SSSR count). The number of aromatic nitrogens is 1. The Morgan fingerprint density at radius 2 is 1.96 bits per heavy atom. The van der Waals surface area contributed by atoms with Gasteiger partial charge in [0.2, 0.25) is 5.91 Å². The SMILES string of the molecule is N#Cc1cccnc1N1CCN(CC(=O)NC(=O)NCC(F)(F)F)CC1. The number of hydrogen-bond donors (Lipinski definition) is 2. The lowest BCUT2D eigenvalue weighted by atomic mass is 10.2. The summed E-state index contributed by atoms with van der Waals surface area (Å²) in [6.45, 7) is 0.410. The number of imide groups is 1. The summed E-state index contributed by atoms with van der Waals surface area (Å²) < 4.78 is 36.0. The first-order chi connectivity index (χ1) is 12.3. The fourth-order valence-corrected chi connectivity index (χ4v) is 2.45. The second-order valence-electron chi connectivity index (χ2n) is 5.60. The molecule has 0 aromatic carbocycles. The molecule has 1 saturated heterocycles. The number of rotatable bonds is 4. The van der Waals surface area contributed by atoms with Crippen molar-refractivity contribution in [2.75, 3.05) is 44.2 Å². The van der Waals surface area contributed by atoms with Gasteiger partial charge in [-0.2, -0.15) is 18.4 Å². The van der Waals surface area contributed by atoms with Crippen LogP contribution in [0.15, 0.2) is 18.3 Å². The van der Waals surface area contributed by atoms with Crippen LogP contribution in [0.4, 0.5) is 23.8 Å². The number of carbonyl (C=O) groups is 2. The molecule has 2 heterocycles. The van der Waals surface area contributed by atoms with E-state index >= 15 is 0 Å². The molecule has 1 fully saturated rings. The fourth-order valence-electron chi connectivity index (χ4n) is 2.45. The number of urea groups is 1. The third-order valence-electron chi connectivity index (χ3n) is 3.65. The summed E-state index contributed by atoms with van der Waals surface area (Å²) in [4.78, 5) is 30.9. The lowest BCUT2D eigenvalue weighted by Crippen LogP contribution is -2.51. The van der Waals surface area contributed by atoms with Crippen molar-refractivity contribution >= 4 is 17.8 Å². The zero-order chi connectivity index (χ0) is 19.2. The average Bonchev–Trinajstić information content (AvgIpc) is 2.60. The predicted molar refractivity (Wildman–Crippen MR) is 85.2 cm³/mol. The lowest BCUT2D eigenvalue weighted by Gasteiger charge is -2.35. The smallest absolute Gasteiger partial charge is 0.353 e. The second kappa shape index (κ2) is 8.48. The summed E-state index contributed by atoms with van der Waals surface area (Å²) in [5.41, 5.74) is 0.458. The third-order valence-corrected chi connectivity index (χ3v) is 3.65. The monoisotopic (exact) mass is 370 g/mol. The highest BCUT2D eigenvalue weighted by atomic mass is 19.4. The van der Waals surface area contributed by atoms with Gasteiger partial charge in [0.25, 0.3) is 0 Å². The number of halogens is 3. The number of piperazine rings is 1. The van der Waals surface area contributed by atoms with Crippen LogP contribution < -0.4 is 15.5 Å². The third kappa shape index (κ3) is 5.89. The van der Waals surface area contributed by atoms with Crippen molar-refractivity contribution in [3.8, 4) is 6.07 Å². The molecule has 0 radical (unpaired) electrons. The Labute approximate surface area is 147 Å². The molecular weight excluding hydrogens is 353 g/mol. The van der Waals surface area contributed by atoms with Crippen LogP contribution in [0.5, 0.6) is 0 Å². The molecule has 26 heavy (non-hydrogen) atoms. The number of alkyl halides is 3. The molecule has 2 N–H and O–H groups in total. The van der Waals surface area contributed by atoms with Gasteiger partial charge in [-0.3, -0.25) is 15.0 Å². The van der Waals surface area contributed by atoms with Gasteiger partial charge in [0.1, 0.15) is 18.4 Å². The van der Waals surface area contributed by atoms with Gasteiger partial charge in [-0.15, -0.1) is 0 Å². The van der Waals surface area contributed by atoms with E-state index < -0.39 is 24.7 Å².